The Morgan fingerprint density at radius 1 is 1.27 bits per heavy atom. The van der Waals surface area contributed by atoms with Crippen LogP contribution >= 0.6 is 0 Å². The van der Waals surface area contributed by atoms with E-state index in [1.165, 1.54) is 12.8 Å². The van der Waals surface area contributed by atoms with Crippen molar-refractivity contribution in [2.24, 2.45) is 5.92 Å². The molecule has 1 aromatic heterocycles. The topological polar surface area (TPSA) is 50.3 Å². The van der Waals surface area contributed by atoms with E-state index in [4.69, 9.17) is 4.74 Å². The first-order chi connectivity index (χ1) is 10.7. The van der Waals surface area contributed by atoms with Crippen LogP contribution in [-0.4, -0.2) is 30.2 Å². The molecule has 0 bridgehead atoms. The van der Waals surface area contributed by atoms with Crippen LogP contribution in [0.15, 0.2) is 36.7 Å². The number of aromatic nitrogens is 2. The maximum Gasteiger partial charge on any atom is 0.135 e. The highest BCUT2D eigenvalue weighted by Gasteiger charge is 2.17. The number of ether oxygens (including phenoxy) is 1. The Morgan fingerprint density at radius 3 is 3.00 bits per heavy atom. The molecule has 0 amide bonds. The van der Waals surface area contributed by atoms with Crippen LogP contribution in [0.4, 0.5) is 17.3 Å². The Kier molecular flexibility index (Phi) is 4.42. The highest BCUT2D eigenvalue weighted by Crippen LogP contribution is 2.24. The van der Waals surface area contributed by atoms with Crippen LogP contribution < -0.4 is 15.0 Å². The Hall–Kier alpha value is -2.30. The van der Waals surface area contributed by atoms with E-state index in [1.54, 1.807) is 13.4 Å². The summed E-state index contributed by atoms with van der Waals surface area (Å²) in [6, 6.07) is 9.83. The Morgan fingerprint density at radius 2 is 2.18 bits per heavy atom. The fraction of sp³-hybridized carbons (Fsp3) is 0.412. The van der Waals surface area contributed by atoms with Gasteiger partial charge in [-0.2, -0.15) is 0 Å². The molecule has 0 aliphatic carbocycles. The average Bonchev–Trinajstić information content (AvgIpc) is 2.55. The largest absolute Gasteiger partial charge is 0.497 e. The maximum absolute atomic E-state index is 5.24. The van der Waals surface area contributed by atoms with Crippen molar-refractivity contribution in [2.45, 2.75) is 19.8 Å². The molecule has 1 aliphatic rings. The molecule has 1 atom stereocenters. The molecule has 1 saturated heterocycles. The maximum atomic E-state index is 5.24. The van der Waals surface area contributed by atoms with Crippen LogP contribution in [-0.2, 0) is 0 Å². The van der Waals surface area contributed by atoms with Gasteiger partial charge in [0.25, 0.3) is 0 Å². The molecule has 5 nitrogen and oxygen atoms in total. The predicted molar refractivity (Wildman–Crippen MR) is 88.9 cm³/mol. The van der Waals surface area contributed by atoms with Gasteiger partial charge in [0.05, 0.1) is 7.11 Å². The van der Waals surface area contributed by atoms with Gasteiger partial charge in [-0.25, -0.2) is 9.97 Å². The summed E-state index contributed by atoms with van der Waals surface area (Å²) in [5.41, 5.74) is 0.955. The normalized spacial score (nSPS) is 18.1. The molecule has 0 spiro atoms. The molecule has 2 heterocycles. The van der Waals surface area contributed by atoms with E-state index in [0.29, 0.717) is 0 Å². The average molecular weight is 298 g/mol. The molecule has 1 fully saturated rings. The molecule has 1 aromatic carbocycles. The Balaban J connectivity index is 1.75. The molecular weight excluding hydrogens is 276 g/mol. The van der Waals surface area contributed by atoms with Crippen LogP contribution in [0.1, 0.15) is 19.8 Å². The number of nitrogens with one attached hydrogen (secondary N) is 1. The lowest BCUT2D eigenvalue weighted by molar-refractivity contribution is 0.415. The Labute approximate surface area is 131 Å². The molecule has 0 saturated carbocycles. The molecule has 116 valence electrons. The van der Waals surface area contributed by atoms with Gasteiger partial charge in [0, 0.05) is 30.9 Å². The SMILES string of the molecule is COc1cccc(Nc2cc(N3CCCC(C)C3)ncn2)c1. The first-order valence-corrected chi connectivity index (χ1v) is 7.72. The van der Waals surface area contributed by atoms with Crippen LogP contribution in [0.3, 0.4) is 0 Å². The zero-order valence-electron chi connectivity index (χ0n) is 13.1. The molecule has 5 heteroatoms. The van der Waals surface area contributed by atoms with Gasteiger partial charge < -0.3 is 15.0 Å². The van der Waals surface area contributed by atoms with Gasteiger partial charge in [-0.1, -0.05) is 13.0 Å². The van der Waals surface area contributed by atoms with Crippen molar-refractivity contribution in [3.8, 4) is 5.75 Å². The molecule has 3 rings (SSSR count). The number of rotatable bonds is 4. The van der Waals surface area contributed by atoms with Gasteiger partial charge in [-0.15, -0.1) is 0 Å². The van der Waals surface area contributed by atoms with Crippen LogP contribution in [0.2, 0.25) is 0 Å². The van der Waals surface area contributed by atoms with Crippen molar-refractivity contribution in [1.29, 1.82) is 0 Å². The van der Waals surface area contributed by atoms with Crippen molar-refractivity contribution in [2.75, 3.05) is 30.4 Å². The fourth-order valence-corrected chi connectivity index (χ4v) is 2.83. The van der Waals surface area contributed by atoms with Gasteiger partial charge in [-0.3, -0.25) is 0 Å². The summed E-state index contributed by atoms with van der Waals surface area (Å²) in [5, 5.41) is 3.31. The first-order valence-electron chi connectivity index (χ1n) is 7.72. The highest BCUT2D eigenvalue weighted by molar-refractivity contribution is 5.60. The molecule has 22 heavy (non-hydrogen) atoms. The van der Waals surface area contributed by atoms with E-state index < -0.39 is 0 Å². The third-order valence-corrected chi connectivity index (χ3v) is 3.98. The van der Waals surface area contributed by atoms with E-state index in [9.17, 15) is 0 Å². The zero-order valence-corrected chi connectivity index (χ0v) is 13.1. The lowest BCUT2D eigenvalue weighted by atomic mass is 10.0. The van der Waals surface area contributed by atoms with E-state index in [0.717, 1.165) is 42.1 Å². The third-order valence-electron chi connectivity index (χ3n) is 3.98. The first kappa shape index (κ1) is 14.6. The zero-order chi connectivity index (χ0) is 15.4. The molecular formula is C17H22N4O. The lowest BCUT2D eigenvalue weighted by Crippen LogP contribution is -2.34. The summed E-state index contributed by atoms with van der Waals surface area (Å²) in [7, 11) is 1.67. The summed E-state index contributed by atoms with van der Waals surface area (Å²) in [5.74, 6) is 3.34. The standard InChI is InChI=1S/C17H22N4O/c1-13-5-4-8-21(11-13)17-10-16(18-12-19-17)20-14-6-3-7-15(9-14)22-2/h3,6-7,9-10,12-13H,4-5,8,11H2,1-2H3,(H,18,19,20). The highest BCUT2D eigenvalue weighted by atomic mass is 16.5. The third kappa shape index (κ3) is 3.47. The number of hydrogen-bond acceptors (Lipinski definition) is 5. The lowest BCUT2D eigenvalue weighted by Gasteiger charge is -2.31. The summed E-state index contributed by atoms with van der Waals surface area (Å²) < 4.78 is 5.24. The van der Waals surface area contributed by atoms with Crippen LogP contribution in [0, 0.1) is 5.92 Å². The second-order valence-electron chi connectivity index (χ2n) is 5.81. The molecule has 1 aliphatic heterocycles. The molecule has 1 unspecified atom stereocenters. The predicted octanol–water partition coefficient (Wildman–Crippen LogP) is 3.47. The van der Waals surface area contributed by atoms with Crippen molar-refractivity contribution < 1.29 is 4.74 Å². The van der Waals surface area contributed by atoms with E-state index in [-0.39, 0.29) is 0 Å². The van der Waals surface area contributed by atoms with Crippen molar-refractivity contribution >= 4 is 17.3 Å². The summed E-state index contributed by atoms with van der Waals surface area (Å²) in [6.07, 6.45) is 4.15. The van der Waals surface area contributed by atoms with Gasteiger partial charge in [0.15, 0.2) is 0 Å². The number of methoxy groups -OCH3 is 1. The van der Waals surface area contributed by atoms with E-state index in [1.807, 2.05) is 30.3 Å². The number of benzene rings is 1. The molecule has 2 aromatic rings. The number of anilines is 3. The van der Waals surface area contributed by atoms with Crippen LogP contribution in [0.25, 0.3) is 0 Å². The minimum Gasteiger partial charge on any atom is -0.497 e. The summed E-state index contributed by atoms with van der Waals surface area (Å²) in [4.78, 5) is 11.1. The van der Waals surface area contributed by atoms with Crippen molar-refractivity contribution in [3.63, 3.8) is 0 Å². The monoisotopic (exact) mass is 298 g/mol. The second kappa shape index (κ2) is 6.64. The number of piperidine rings is 1. The van der Waals surface area contributed by atoms with E-state index in [2.05, 4.69) is 27.1 Å². The van der Waals surface area contributed by atoms with Gasteiger partial charge >= 0.3 is 0 Å². The number of nitrogens with zero attached hydrogens (tertiary/aromatic N) is 3. The van der Waals surface area contributed by atoms with Crippen molar-refractivity contribution in [1.82, 2.24) is 9.97 Å². The summed E-state index contributed by atoms with van der Waals surface area (Å²) in [6.45, 7) is 4.43. The summed E-state index contributed by atoms with van der Waals surface area (Å²) >= 11 is 0. The van der Waals surface area contributed by atoms with E-state index >= 15 is 0 Å². The van der Waals surface area contributed by atoms with Gasteiger partial charge in [-0.05, 0) is 30.9 Å². The minimum absolute atomic E-state index is 0.721. The molecule has 1 N–H and O–H groups in total. The number of hydrogen-bond donors (Lipinski definition) is 1. The smallest absolute Gasteiger partial charge is 0.135 e. The quantitative estimate of drug-likeness (QED) is 0.936. The van der Waals surface area contributed by atoms with Crippen LogP contribution in [0.5, 0.6) is 5.75 Å². The fourth-order valence-electron chi connectivity index (χ4n) is 2.83. The second-order valence-corrected chi connectivity index (χ2v) is 5.81. The van der Waals surface area contributed by atoms with Gasteiger partial charge in [0.2, 0.25) is 0 Å². The Bertz CT molecular complexity index is 632. The minimum atomic E-state index is 0.721. The van der Waals surface area contributed by atoms with Crippen molar-refractivity contribution in [3.05, 3.63) is 36.7 Å². The van der Waals surface area contributed by atoms with Gasteiger partial charge in [0.1, 0.15) is 23.7 Å². The molecule has 0 radical (unpaired) electrons.